The van der Waals surface area contributed by atoms with Gasteiger partial charge in [-0.15, -0.1) is 0 Å². The Morgan fingerprint density at radius 2 is 1.88 bits per heavy atom. The Morgan fingerprint density at radius 3 is 2.47 bits per heavy atom. The lowest BCUT2D eigenvalue weighted by molar-refractivity contribution is -0.145. The fourth-order valence-electron chi connectivity index (χ4n) is 1.95. The second-order valence-corrected chi connectivity index (χ2v) is 4.21. The largest absolute Gasteiger partial charge is 0.466 e. The molecule has 0 saturated carbocycles. The van der Waals surface area contributed by atoms with Gasteiger partial charge in [0.05, 0.1) is 12.5 Å². The normalized spacial score (nSPS) is 12.1. The Balaban J connectivity index is 2.68. The fraction of sp³-hybridized carbons (Fsp3) is 0.533. The van der Waals surface area contributed by atoms with Gasteiger partial charge in [-0.3, -0.25) is 4.79 Å². The summed E-state index contributed by atoms with van der Waals surface area (Å²) in [6, 6.07) is 9.93. The number of carbonyl (C=O) groups is 1. The summed E-state index contributed by atoms with van der Waals surface area (Å²) in [5, 5.41) is 0. The van der Waals surface area contributed by atoms with Crippen molar-refractivity contribution >= 4 is 5.97 Å². The van der Waals surface area contributed by atoms with Crippen molar-refractivity contribution in [1.29, 1.82) is 0 Å². The van der Waals surface area contributed by atoms with E-state index in [4.69, 9.17) is 4.74 Å². The Kier molecular flexibility index (Phi) is 6.38. The van der Waals surface area contributed by atoms with Gasteiger partial charge in [0, 0.05) is 0 Å². The van der Waals surface area contributed by atoms with E-state index in [9.17, 15) is 4.79 Å². The number of hydrogen-bond donors (Lipinski definition) is 0. The average molecular weight is 234 g/mol. The minimum absolute atomic E-state index is 0.0881. The monoisotopic (exact) mass is 234 g/mol. The highest BCUT2D eigenvalue weighted by Gasteiger charge is 2.20. The van der Waals surface area contributed by atoms with Gasteiger partial charge in [0.15, 0.2) is 0 Å². The summed E-state index contributed by atoms with van der Waals surface area (Å²) >= 11 is 0. The van der Waals surface area contributed by atoms with Crippen molar-refractivity contribution < 1.29 is 9.53 Å². The molecule has 0 aliphatic heterocycles. The first kappa shape index (κ1) is 13.8. The molecule has 0 aliphatic carbocycles. The van der Waals surface area contributed by atoms with Gasteiger partial charge in [-0.2, -0.15) is 0 Å². The fourth-order valence-corrected chi connectivity index (χ4v) is 1.95. The maximum absolute atomic E-state index is 11.9. The Bertz CT molecular complexity index is 319. The summed E-state index contributed by atoms with van der Waals surface area (Å²) in [6.45, 7) is 4.48. The first-order valence-corrected chi connectivity index (χ1v) is 6.51. The molecular weight excluding hydrogens is 212 g/mol. The van der Waals surface area contributed by atoms with Gasteiger partial charge >= 0.3 is 5.97 Å². The van der Waals surface area contributed by atoms with E-state index in [1.54, 1.807) is 0 Å². The highest BCUT2D eigenvalue weighted by atomic mass is 16.5. The van der Waals surface area contributed by atoms with Crippen LogP contribution in [0.1, 0.15) is 51.0 Å². The minimum atomic E-state index is -0.0947. The standard InChI is InChI=1S/C15H22O2/c1-3-5-7-12-14(15(16)17-4-2)13-10-8-6-9-11-13/h6,8-11,14H,3-5,7,12H2,1-2H3. The summed E-state index contributed by atoms with van der Waals surface area (Å²) in [6.07, 6.45) is 4.30. The van der Waals surface area contributed by atoms with Crippen molar-refractivity contribution in [2.75, 3.05) is 6.61 Å². The molecule has 0 saturated heterocycles. The molecule has 0 heterocycles. The van der Waals surface area contributed by atoms with E-state index >= 15 is 0 Å². The number of esters is 1. The zero-order valence-electron chi connectivity index (χ0n) is 10.8. The zero-order chi connectivity index (χ0) is 12.5. The van der Waals surface area contributed by atoms with E-state index in [-0.39, 0.29) is 11.9 Å². The number of unbranched alkanes of at least 4 members (excludes halogenated alkanes) is 2. The molecule has 2 nitrogen and oxygen atoms in total. The van der Waals surface area contributed by atoms with Crippen LogP contribution in [-0.4, -0.2) is 12.6 Å². The van der Waals surface area contributed by atoms with Crippen LogP contribution in [0.2, 0.25) is 0 Å². The van der Waals surface area contributed by atoms with Crippen LogP contribution < -0.4 is 0 Å². The number of rotatable bonds is 7. The maximum Gasteiger partial charge on any atom is 0.313 e. The van der Waals surface area contributed by atoms with Crippen molar-refractivity contribution in [3.05, 3.63) is 35.9 Å². The quantitative estimate of drug-likeness (QED) is 0.528. The molecule has 17 heavy (non-hydrogen) atoms. The summed E-state index contributed by atoms with van der Waals surface area (Å²) in [5.74, 6) is -0.183. The molecule has 1 unspecified atom stereocenters. The molecule has 94 valence electrons. The molecule has 0 aromatic heterocycles. The van der Waals surface area contributed by atoms with Crippen LogP contribution in [0.3, 0.4) is 0 Å². The van der Waals surface area contributed by atoms with Gasteiger partial charge < -0.3 is 4.74 Å². The molecule has 1 atom stereocenters. The Labute approximate surface area is 104 Å². The van der Waals surface area contributed by atoms with Crippen LogP contribution in [0.4, 0.5) is 0 Å². The Hall–Kier alpha value is -1.31. The summed E-state index contributed by atoms with van der Waals surface area (Å²) in [5.41, 5.74) is 1.07. The van der Waals surface area contributed by atoms with Gasteiger partial charge in [0.1, 0.15) is 0 Å². The highest BCUT2D eigenvalue weighted by molar-refractivity contribution is 5.78. The van der Waals surface area contributed by atoms with Crippen molar-refractivity contribution in [2.45, 2.75) is 45.4 Å². The lowest BCUT2D eigenvalue weighted by atomic mass is 9.93. The third-order valence-electron chi connectivity index (χ3n) is 2.87. The first-order chi connectivity index (χ1) is 8.29. The van der Waals surface area contributed by atoms with Crippen LogP contribution in [0.5, 0.6) is 0 Å². The van der Waals surface area contributed by atoms with Gasteiger partial charge in [-0.05, 0) is 18.9 Å². The van der Waals surface area contributed by atoms with Crippen LogP contribution >= 0.6 is 0 Å². The molecule has 1 rings (SSSR count). The van der Waals surface area contributed by atoms with Crippen LogP contribution in [0, 0.1) is 0 Å². The summed E-state index contributed by atoms with van der Waals surface area (Å²) in [7, 11) is 0. The van der Waals surface area contributed by atoms with E-state index in [0.29, 0.717) is 6.61 Å². The van der Waals surface area contributed by atoms with Crippen LogP contribution in [-0.2, 0) is 9.53 Å². The van der Waals surface area contributed by atoms with Crippen LogP contribution in [0.25, 0.3) is 0 Å². The van der Waals surface area contributed by atoms with Crippen molar-refractivity contribution in [3.8, 4) is 0 Å². The lowest BCUT2D eigenvalue weighted by Crippen LogP contribution is -2.16. The van der Waals surface area contributed by atoms with E-state index < -0.39 is 0 Å². The predicted octanol–water partition coefficient (Wildman–Crippen LogP) is 3.91. The van der Waals surface area contributed by atoms with Gasteiger partial charge in [-0.25, -0.2) is 0 Å². The van der Waals surface area contributed by atoms with Crippen molar-refractivity contribution in [1.82, 2.24) is 0 Å². The van der Waals surface area contributed by atoms with Gasteiger partial charge in [0.2, 0.25) is 0 Å². The van der Waals surface area contributed by atoms with E-state index in [1.807, 2.05) is 37.3 Å². The molecule has 0 radical (unpaired) electrons. The van der Waals surface area contributed by atoms with Gasteiger partial charge in [-0.1, -0.05) is 56.5 Å². The molecule has 0 bridgehead atoms. The molecule has 0 amide bonds. The summed E-state index contributed by atoms with van der Waals surface area (Å²) in [4.78, 5) is 11.9. The number of ether oxygens (including phenoxy) is 1. The molecule has 0 spiro atoms. The molecule has 1 aromatic rings. The number of carbonyl (C=O) groups excluding carboxylic acids is 1. The molecule has 1 aromatic carbocycles. The predicted molar refractivity (Wildman–Crippen MR) is 70.0 cm³/mol. The van der Waals surface area contributed by atoms with Crippen molar-refractivity contribution in [3.63, 3.8) is 0 Å². The van der Waals surface area contributed by atoms with E-state index in [0.717, 1.165) is 18.4 Å². The van der Waals surface area contributed by atoms with Crippen molar-refractivity contribution in [2.24, 2.45) is 0 Å². The van der Waals surface area contributed by atoms with E-state index in [2.05, 4.69) is 6.92 Å². The lowest BCUT2D eigenvalue weighted by Gasteiger charge is -2.15. The van der Waals surface area contributed by atoms with Gasteiger partial charge in [0.25, 0.3) is 0 Å². The number of benzene rings is 1. The zero-order valence-corrected chi connectivity index (χ0v) is 10.8. The highest BCUT2D eigenvalue weighted by Crippen LogP contribution is 2.23. The second-order valence-electron chi connectivity index (χ2n) is 4.21. The van der Waals surface area contributed by atoms with E-state index in [1.165, 1.54) is 12.8 Å². The topological polar surface area (TPSA) is 26.3 Å². The second kappa shape index (κ2) is 7.88. The van der Waals surface area contributed by atoms with Crippen LogP contribution in [0.15, 0.2) is 30.3 Å². The SMILES string of the molecule is CCCCCC(C(=O)OCC)c1ccccc1. The molecular formula is C15H22O2. The molecule has 0 fully saturated rings. The minimum Gasteiger partial charge on any atom is -0.466 e. The summed E-state index contributed by atoms with van der Waals surface area (Å²) < 4.78 is 5.15. The molecule has 0 aliphatic rings. The average Bonchev–Trinajstić information content (AvgIpc) is 2.36. The Morgan fingerprint density at radius 1 is 1.18 bits per heavy atom. The smallest absolute Gasteiger partial charge is 0.313 e. The third kappa shape index (κ3) is 4.59. The number of hydrogen-bond acceptors (Lipinski definition) is 2. The molecule has 2 heteroatoms. The third-order valence-corrected chi connectivity index (χ3v) is 2.87. The first-order valence-electron chi connectivity index (χ1n) is 6.51. The molecule has 0 N–H and O–H groups in total. The maximum atomic E-state index is 11.9.